The Bertz CT molecular complexity index is 1010. The van der Waals surface area contributed by atoms with E-state index in [0.29, 0.717) is 37.2 Å². The van der Waals surface area contributed by atoms with Crippen molar-refractivity contribution in [3.63, 3.8) is 0 Å². The highest BCUT2D eigenvalue weighted by Crippen LogP contribution is 2.41. The number of para-hydroxylation sites is 1. The van der Waals surface area contributed by atoms with Crippen LogP contribution in [-0.2, 0) is 16.1 Å². The number of rotatable bonds is 9. The lowest BCUT2D eigenvalue weighted by atomic mass is 9.82. The van der Waals surface area contributed by atoms with Gasteiger partial charge >= 0.3 is 0 Å². The molecular formula is C27H35N3O4. The number of carbonyl (C=O) groups is 3. The minimum Gasteiger partial charge on any atom is -0.496 e. The van der Waals surface area contributed by atoms with Crippen LogP contribution in [0.2, 0.25) is 0 Å². The number of likely N-dealkylation sites (tertiary alicyclic amines) is 1. The summed E-state index contributed by atoms with van der Waals surface area (Å²) in [6.45, 7) is 3.13. The second-order valence-corrected chi connectivity index (χ2v) is 8.74. The van der Waals surface area contributed by atoms with Crippen LogP contribution < -0.4 is 10.1 Å². The van der Waals surface area contributed by atoms with Gasteiger partial charge in [0.2, 0.25) is 11.8 Å². The van der Waals surface area contributed by atoms with E-state index in [1.165, 1.54) is 0 Å². The molecule has 2 atom stereocenters. The first-order valence-electron chi connectivity index (χ1n) is 11.9. The zero-order valence-corrected chi connectivity index (χ0v) is 20.5. The van der Waals surface area contributed by atoms with Crippen molar-refractivity contribution in [3.05, 3.63) is 65.2 Å². The van der Waals surface area contributed by atoms with E-state index in [0.717, 1.165) is 24.0 Å². The van der Waals surface area contributed by atoms with Crippen molar-refractivity contribution in [3.8, 4) is 5.75 Å². The fourth-order valence-corrected chi connectivity index (χ4v) is 4.64. The molecule has 34 heavy (non-hydrogen) atoms. The van der Waals surface area contributed by atoms with Crippen LogP contribution in [0.4, 0.5) is 0 Å². The quantitative estimate of drug-likeness (QED) is 0.611. The summed E-state index contributed by atoms with van der Waals surface area (Å²) in [5, 5.41) is 2.61. The minimum absolute atomic E-state index is 0.000261. The van der Waals surface area contributed by atoms with Crippen molar-refractivity contribution in [2.45, 2.75) is 45.2 Å². The number of nitrogens with one attached hydrogen (secondary N) is 1. The first-order chi connectivity index (χ1) is 16.4. The average Bonchev–Trinajstić information content (AvgIpc) is 2.87. The monoisotopic (exact) mass is 465 g/mol. The van der Waals surface area contributed by atoms with E-state index in [1.807, 2.05) is 41.3 Å². The fourth-order valence-electron chi connectivity index (χ4n) is 4.64. The molecule has 2 aromatic carbocycles. The molecule has 2 unspecified atom stereocenters. The maximum atomic E-state index is 13.7. The number of benzene rings is 2. The lowest BCUT2D eigenvalue weighted by molar-refractivity contribution is -0.147. The molecule has 0 aromatic heterocycles. The Morgan fingerprint density at radius 2 is 1.85 bits per heavy atom. The lowest BCUT2D eigenvalue weighted by Gasteiger charge is -2.42. The molecule has 0 spiro atoms. The average molecular weight is 466 g/mol. The van der Waals surface area contributed by atoms with E-state index in [1.54, 1.807) is 38.2 Å². The second kappa shape index (κ2) is 11.7. The third-order valence-corrected chi connectivity index (χ3v) is 6.47. The summed E-state index contributed by atoms with van der Waals surface area (Å²) in [6.07, 6.45) is 2.71. The Morgan fingerprint density at radius 3 is 2.50 bits per heavy atom. The van der Waals surface area contributed by atoms with Crippen molar-refractivity contribution >= 4 is 17.7 Å². The Labute approximate surface area is 202 Å². The van der Waals surface area contributed by atoms with Crippen molar-refractivity contribution in [2.24, 2.45) is 5.92 Å². The SMILES string of the molecule is CCCCN1C(=O)CCC(C(=O)N(C)Cc2ccc(C(=O)NC)cc2)C1c1ccccc1OC. The molecular weight excluding hydrogens is 430 g/mol. The Kier molecular flexibility index (Phi) is 8.68. The first kappa shape index (κ1) is 25.3. The summed E-state index contributed by atoms with van der Waals surface area (Å²) >= 11 is 0. The van der Waals surface area contributed by atoms with Gasteiger partial charge in [-0.1, -0.05) is 43.7 Å². The summed E-state index contributed by atoms with van der Waals surface area (Å²) in [4.78, 5) is 42.1. The van der Waals surface area contributed by atoms with Crippen LogP contribution in [0.25, 0.3) is 0 Å². The van der Waals surface area contributed by atoms with Crippen LogP contribution >= 0.6 is 0 Å². The molecule has 0 saturated carbocycles. The third-order valence-electron chi connectivity index (χ3n) is 6.47. The van der Waals surface area contributed by atoms with Gasteiger partial charge in [0.25, 0.3) is 5.91 Å². The number of carbonyl (C=O) groups excluding carboxylic acids is 3. The molecule has 0 aliphatic carbocycles. The topological polar surface area (TPSA) is 79.0 Å². The number of nitrogens with zero attached hydrogens (tertiary/aromatic N) is 2. The van der Waals surface area contributed by atoms with Crippen LogP contribution in [0.1, 0.15) is 60.1 Å². The summed E-state index contributed by atoms with van der Waals surface area (Å²) < 4.78 is 5.62. The zero-order chi connectivity index (χ0) is 24.7. The fraction of sp³-hybridized carbons (Fsp3) is 0.444. The molecule has 2 aromatic rings. The van der Waals surface area contributed by atoms with Gasteiger partial charge in [-0.15, -0.1) is 0 Å². The van der Waals surface area contributed by atoms with Crippen LogP contribution in [0, 0.1) is 5.92 Å². The molecule has 3 amide bonds. The van der Waals surface area contributed by atoms with Gasteiger partial charge in [-0.25, -0.2) is 0 Å². The molecule has 0 bridgehead atoms. The molecule has 7 heteroatoms. The Balaban J connectivity index is 1.87. The number of hydrogen-bond acceptors (Lipinski definition) is 4. The highest BCUT2D eigenvalue weighted by atomic mass is 16.5. The van der Waals surface area contributed by atoms with Crippen molar-refractivity contribution in [1.29, 1.82) is 0 Å². The van der Waals surface area contributed by atoms with Gasteiger partial charge in [-0.2, -0.15) is 0 Å². The second-order valence-electron chi connectivity index (χ2n) is 8.74. The van der Waals surface area contributed by atoms with Crippen molar-refractivity contribution in [2.75, 3.05) is 27.7 Å². The van der Waals surface area contributed by atoms with Crippen molar-refractivity contribution in [1.82, 2.24) is 15.1 Å². The lowest BCUT2D eigenvalue weighted by Crippen LogP contribution is -2.48. The maximum Gasteiger partial charge on any atom is 0.251 e. The predicted octanol–water partition coefficient (Wildman–Crippen LogP) is 3.79. The third kappa shape index (κ3) is 5.58. The highest BCUT2D eigenvalue weighted by molar-refractivity contribution is 5.94. The number of ether oxygens (including phenoxy) is 1. The van der Waals surface area contributed by atoms with Gasteiger partial charge in [0.05, 0.1) is 19.1 Å². The maximum absolute atomic E-state index is 13.7. The minimum atomic E-state index is -0.366. The highest BCUT2D eigenvalue weighted by Gasteiger charge is 2.42. The number of unbranched alkanes of at least 4 members (excludes halogenated alkanes) is 1. The summed E-state index contributed by atoms with van der Waals surface area (Å²) in [5.74, 6) is 0.269. The molecule has 1 fully saturated rings. The van der Waals surface area contributed by atoms with Crippen LogP contribution in [-0.4, -0.2) is 55.3 Å². The van der Waals surface area contributed by atoms with Crippen LogP contribution in [0.15, 0.2) is 48.5 Å². The van der Waals surface area contributed by atoms with Crippen LogP contribution in [0.5, 0.6) is 5.75 Å². The largest absolute Gasteiger partial charge is 0.496 e. The first-order valence-corrected chi connectivity index (χ1v) is 11.9. The molecule has 1 aliphatic rings. The molecule has 3 rings (SSSR count). The Morgan fingerprint density at radius 1 is 1.15 bits per heavy atom. The van der Waals surface area contributed by atoms with E-state index in [2.05, 4.69) is 12.2 Å². The molecule has 1 heterocycles. The number of hydrogen-bond donors (Lipinski definition) is 1. The molecule has 7 nitrogen and oxygen atoms in total. The normalized spacial score (nSPS) is 17.9. The van der Waals surface area contributed by atoms with E-state index < -0.39 is 0 Å². The Hall–Kier alpha value is -3.35. The van der Waals surface area contributed by atoms with E-state index in [4.69, 9.17) is 4.74 Å². The molecule has 0 radical (unpaired) electrons. The van der Waals surface area contributed by atoms with Crippen molar-refractivity contribution < 1.29 is 19.1 Å². The smallest absolute Gasteiger partial charge is 0.251 e. The van der Waals surface area contributed by atoms with Gasteiger partial charge in [0, 0.05) is 44.7 Å². The van der Waals surface area contributed by atoms with E-state index in [9.17, 15) is 14.4 Å². The predicted molar refractivity (Wildman–Crippen MR) is 131 cm³/mol. The number of amides is 3. The van der Waals surface area contributed by atoms with Gasteiger partial charge in [-0.3, -0.25) is 14.4 Å². The van der Waals surface area contributed by atoms with Gasteiger partial charge < -0.3 is 19.9 Å². The zero-order valence-electron chi connectivity index (χ0n) is 20.5. The van der Waals surface area contributed by atoms with E-state index in [-0.39, 0.29) is 29.7 Å². The molecule has 1 saturated heterocycles. The van der Waals surface area contributed by atoms with Gasteiger partial charge in [0.15, 0.2) is 0 Å². The molecule has 1 N–H and O–H groups in total. The summed E-state index contributed by atoms with van der Waals surface area (Å²) in [6, 6.07) is 14.5. The number of methoxy groups -OCH3 is 1. The molecule has 182 valence electrons. The standard InChI is InChI=1S/C27H35N3O4/c1-5-6-17-30-24(31)16-15-22(25(30)21-9-7-8-10-23(21)34-4)27(33)29(3)18-19-11-13-20(14-12-19)26(32)28-2/h7-14,22,25H,5-6,15-18H2,1-4H3,(H,28,32). The summed E-state index contributed by atoms with van der Waals surface area (Å²) in [7, 11) is 5.01. The van der Waals surface area contributed by atoms with Gasteiger partial charge in [0.1, 0.15) is 5.75 Å². The van der Waals surface area contributed by atoms with E-state index >= 15 is 0 Å². The van der Waals surface area contributed by atoms with Gasteiger partial charge in [-0.05, 0) is 36.6 Å². The number of piperidine rings is 1. The van der Waals surface area contributed by atoms with Crippen LogP contribution in [0.3, 0.4) is 0 Å². The summed E-state index contributed by atoms with van der Waals surface area (Å²) in [5.41, 5.74) is 2.39. The molecule has 1 aliphatic heterocycles.